The normalized spacial score (nSPS) is 17.4. The van der Waals surface area contributed by atoms with Crippen molar-refractivity contribution in [3.8, 4) is 0 Å². The van der Waals surface area contributed by atoms with Crippen LogP contribution in [0.2, 0.25) is 4.34 Å². The zero-order valence-electron chi connectivity index (χ0n) is 14.1. The van der Waals surface area contributed by atoms with Crippen LogP contribution in [-0.4, -0.2) is 34.0 Å². The lowest BCUT2D eigenvalue weighted by Crippen LogP contribution is -2.39. The number of rotatable bonds is 4. The number of nitrogens with zero attached hydrogens (tertiary/aromatic N) is 2. The number of pyridine rings is 1. The SMILES string of the molecule is O=C(O)C1CCN(C(c2ccc(Cl)s2)c2ccnc3ccccc23)CC1. The lowest BCUT2D eigenvalue weighted by Gasteiger charge is -2.36. The van der Waals surface area contributed by atoms with Gasteiger partial charge in [-0.15, -0.1) is 11.3 Å². The van der Waals surface area contributed by atoms with Crippen LogP contribution in [0.1, 0.15) is 29.3 Å². The quantitative estimate of drug-likeness (QED) is 0.697. The molecule has 0 bridgehead atoms. The van der Waals surface area contributed by atoms with Gasteiger partial charge in [-0.3, -0.25) is 14.7 Å². The van der Waals surface area contributed by atoms with E-state index >= 15 is 0 Å². The number of aromatic nitrogens is 1. The van der Waals surface area contributed by atoms with Crippen LogP contribution in [0.5, 0.6) is 0 Å². The fourth-order valence-electron chi connectivity index (χ4n) is 3.77. The van der Waals surface area contributed by atoms with Crippen LogP contribution in [0.4, 0.5) is 0 Å². The summed E-state index contributed by atoms with van der Waals surface area (Å²) in [6, 6.07) is 14.3. The molecule has 1 N–H and O–H groups in total. The highest BCUT2D eigenvalue weighted by Gasteiger charge is 2.31. The van der Waals surface area contributed by atoms with E-state index in [-0.39, 0.29) is 12.0 Å². The molecule has 3 heterocycles. The highest BCUT2D eigenvalue weighted by atomic mass is 35.5. The summed E-state index contributed by atoms with van der Waals surface area (Å²) in [5.41, 5.74) is 2.17. The van der Waals surface area contributed by atoms with Gasteiger partial charge in [-0.25, -0.2) is 0 Å². The summed E-state index contributed by atoms with van der Waals surface area (Å²) in [6.07, 6.45) is 3.20. The zero-order chi connectivity index (χ0) is 18.1. The Morgan fingerprint density at radius 2 is 1.96 bits per heavy atom. The zero-order valence-corrected chi connectivity index (χ0v) is 15.7. The number of fused-ring (bicyclic) bond motifs is 1. The number of carboxylic acid groups (broad SMARTS) is 1. The van der Waals surface area contributed by atoms with Crippen molar-refractivity contribution in [3.05, 3.63) is 63.4 Å². The maximum Gasteiger partial charge on any atom is 0.306 e. The van der Waals surface area contributed by atoms with Gasteiger partial charge in [0.15, 0.2) is 0 Å². The van der Waals surface area contributed by atoms with Crippen molar-refractivity contribution in [2.75, 3.05) is 13.1 Å². The van der Waals surface area contributed by atoms with Crippen molar-refractivity contribution in [2.24, 2.45) is 5.92 Å². The molecular formula is C20H19ClN2O2S. The molecule has 1 aliphatic rings. The highest BCUT2D eigenvalue weighted by molar-refractivity contribution is 7.16. The molecule has 1 fully saturated rings. The summed E-state index contributed by atoms with van der Waals surface area (Å²) >= 11 is 7.81. The largest absolute Gasteiger partial charge is 0.481 e. The van der Waals surface area contributed by atoms with Crippen LogP contribution in [0.15, 0.2) is 48.7 Å². The molecule has 1 atom stereocenters. The van der Waals surface area contributed by atoms with E-state index < -0.39 is 5.97 Å². The van der Waals surface area contributed by atoms with Gasteiger partial charge in [-0.2, -0.15) is 0 Å². The average Bonchev–Trinajstić information content (AvgIpc) is 3.08. The number of hydrogen-bond acceptors (Lipinski definition) is 4. The lowest BCUT2D eigenvalue weighted by atomic mass is 9.93. The Bertz CT molecular complexity index is 929. The summed E-state index contributed by atoms with van der Waals surface area (Å²) in [6.45, 7) is 1.52. The van der Waals surface area contributed by atoms with E-state index in [0.29, 0.717) is 12.8 Å². The summed E-state index contributed by atoms with van der Waals surface area (Å²) in [4.78, 5) is 19.4. The fourth-order valence-corrected chi connectivity index (χ4v) is 4.98. The van der Waals surface area contributed by atoms with Gasteiger partial charge in [0.1, 0.15) is 0 Å². The monoisotopic (exact) mass is 386 g/mol. The number of carboxylic acids is 1. The number of carbonyl (C=O) groups is 1. The Kier molecular flexibility index (Phi) is 4.94. The van der Waals surface area contributed by atoms with Crippen molar-refractivity contribution in [1.82, 2.24) is 9.88 Å². The first-order valence-electron chi connectivity index (χ1n) is 8.69. The second-order valence-electron chi connectivity index (χ2n) is 6.61. The lowest BCUT2D eigenvalue weighted by molar-refractivity contribution is -0.143. The van der Waals surface area contributed by atoms with Crippen LogP contribution in [0.3, 0.4) is 0 Å². The molecule has 0 radical (unpaired) electrons. The second-order valence-corrected chi connectivity index (χ2v) is 8.36. The Morgan fingerprint density at radius 3 is 2.65 bits per heavy atom. The molecule has 1 aliphatic heterocycles. The number of hydrogen-bond donors (Lipinski definition) is 1. The molecule has 6 heteroatoms. The van der Waals surface area contributed by atoms with Gasteiger partial charge in [0.25, 0.3) is 0 Å². The number of aliphatic carboxylic acids is 1. The molecule has 0 amide bonds. The first kappa shape index (κ1) is 17.5. The minimum absolute atomic E-state index is 0.0649. The number of piperidine rings is 1. The van der Waals surface area contributed by atoms with Crippen molar-refractivity contribution in [3.63, 3.8) is 0 Å². The Labute approximate surface area is 161 Å². The maximum atomic E-state index is 11.3. The van der Waals surface area contributed by atoms with Gasteiger partial charge in [-0.05, 0) is 55.8 Å². The van der Waals surface area contributed by atoms with Crippen molar-refractivity contribution in [1.29, 1.82) is 0 Å². The molecule has 1 saturated heterocycles. The van der Waals surface area contributed by atoms with Gasteiger partial charge in [-0.1, -0.05) is 29.8 Å². The molecule has 134 valence electrons. The number of likely N-dealkylation sites (tertiary alicyclic amines) is 1. The Balaban J connectivity index is 1.76. The van der Waals surface area contributed by atoms with E-state index in [2.05, 4.69) is 28.1 Å². The van der Waals surface area contributed by atoms with Crippen molar-refractivity contribution < 1.29 is 9.90 Å². The minimum atomic E-state index is -0.685. The molecular weight excluding hydrogens is 368 g/mol. The van der Waals surface area contributed by atoms with Gasteiger partial charge < -0.3 is 5.11 Å². The third kappa shape index (κ3) is 3.34. The van der Waals surface area contributed by atoms with Gasteiger partial charge in [0.05, 0.1) is 21.8 Å². The number of benzene rings is 1. The Morgan fingerprint density at radius 1 is 1.19 bits per heavy atom. The topological polar surface area (TPSA) is 53.4 Å². The fraction of sp³-hybridized carbons (Fsp3) is 0.300. The molecule has 1 unspecified atom stereocenters. The van der Waals surface area contributed by atoms with Gasteiger partial charge >= 0.3 is 5.97 Å². The maximum absolute atomic E-state index is 11.3. The third-order valence-corrected chi connectivity index (χ3v) is 6.37. The van der Waals surface area contributed by atoms with Crippen molar-refractivity contribution in [2.45, 2.75) is 18.9 Å². The first-order chi connectivity index (χ1) is 12.6. The molecule has 0 spiro atoms. The predicted molar refractivity (Wildman–Crippen MR) is 105 cm³/mol. The molecule has 4 rings (SSSR count). The molecule has 4 nitrogen and oxygen atoms in total. The summed E-state index contributed by atoms with van der Waals surface area (Å²) in [5.74, 6) is -0.928. The molecule has 0 aliphatic carbocycles. The average molecular weight is 387 g/mol. The summed E-state index contributed by atoms with van der Waals surface area (Å²) in [7, 11) is 0. The van der Waals surface area contributed by atoms with E-state index in [1.165, 1.54) is 10.4 Å². The minimum Gasteiger partial charge on any atom is -0.481 e. The van der Waals surface area contributed by atoms with Gasteiger partial charge in [0, 0.05) is 16.5 Å². The second kappa shape index (κ2) is 7.35. The van der Waals surface area contributed by atoms with Crippen LogP contribution < -0.4 is 0 Å². The first-order valence-corrected chi connectivity index (χ1v) is 9.88. The molecule has 3 aromatic rings. The molecule has 2 aromatic heterocycles. The third-order valence-electron chi connectivity index (χ3n) is 5.08. The molecule has 1 aromatic carbocycles. The highest BCUT2D eigenvalue weighted by Crippen LogP contribution is 2.39. The van der Waals surface area contributed by atoms with E-state index in [1.807, 2.05) is 30.5 Å². The van der Waals surface area contributed by atoms with Crippen molar-refractivity contribution >= 4 is 39.8 Å². The summed E-state index contributed by atoms with van der Waals surface area (Å²) in [5, 5.41) is 10.4. The van der Waals surface area contributed by atoms with E-state index in [0.717, 1.165) is 28.3 Å². The number of thiophene rings is 1. The van der Waals surface area contributed by atoms with E-state index in [1.54, 1.807) is 11.3 Å². The number of para-hydroxylation sites is 1. The summed E-state index contributed by atoms with van der Waals surface area (Å²) < 4.78 is 0.767. The van der Waals surface area contributed by atoms with E-state index in [4.69, 9.17) is 11.6 Å². The van der Waals surface area contributed by atoms with Crippen LogP contribution >= 0.6 is 22.9 Å². The van der Waals surface area contributed by atoms with Crippen LogP contribution in [0.25, 0.3) is 10.9 Å². The molecule has 26 heavy (non-hydrogen) atoms. The Hall–Kier alpha value is -1.95. The predicted octanol–water partition coefficient (Wildman–Crippen LogP) is 4.84. The van der Waals surface area contributed by atoms with Crippen LogP contribution in [0, 0.1) is 5.92 Å². The number of halogens is 1. The van der Waals surface area contributed by atoms with E-state index in [9.17, 15) is 9.90 Å². The van der Waals surface area contributed by atoms with Gasteiger partial charge in [0.2, 0.25) is 0 Å². The molecule has 0 saturated carbocycles. The standard InChI is InChI=1S/C20H19ClN2O2S/c21-18-6-5-17(26-18)19(23-11-8-13(9-12-23)20(24)25)15-7-10-22-16-4-2-1-3-14(15)16/h1-7,10,13,19H,8-9,11-12H2,(H,24,25). The van der Waals surface area contributed by atoms with Crippen LogP contribution in [-0.2, 0) is 4.79 Å². The smallest absolute Gasteiger partial charge is 0.306 e.